The average molecular weight is 618 g/mol. The molecule has 4 rings (SSSR count). The SMILES string of the molecule is O=C(NNC(=O)c1ccc[n+](CC(=O)c2ccc(Cl)cc2Cl)c1)c1ccc[n+](CC(=O)c2ccc(Cl)cc2Cl)c1. The predicted molar refractivity (Wildman–Crippen MR) is 150 cm³/mol. The van der Waals surface area contributed by atoms with Crippen molar-refractivity contribution >= 4 is 69.8 Å². The van der Waals surface area contributed by atoms with Gasteiger partial charge >= 0.3 is 0 Å². The number of benzene rings is 2. The third-order valence-electron chi connectivity index (χ3n) is 5.65. The lowest BCUT2D eigenvalue weighted by molar-refractivity contribution is -0.683. The molecule has 12 heteroatoms. The second-order valence-corrected chi connectivity index (χ2v) is 10.2. The Kier molecular flexibility index (Phi) is 9.50. The van der Waals surface area contributed by atoms with E-state index in [9.17, 15) is 19.2 Å². The van der Waals surface area contributed by atoms with Crippen molar-refractivity contribution in [2.75, 3.05) is 0 Å². The molecular formula is C28H20Cl4N4O4+2. The van der Waals surface area contributed by atoms with E-state index in [-0.39, 0.29) is 45.8 Å². The first-order chi connectivity index (χ1) is 19.1. The molecule has 0 fully saturated rings. The number of pyridine rings is 2. The van der Waals surface area contributed by atoms with E-state index < -0.39 is 11.8 Å². The van der Waals surface area contributed by atoms with Crippen molar-refractivity contribution < 1.29 is 28.3 Å². The number of hydrazine groups is 1. The maximum absolute atomic E-state index is 12.7. The van der Waals surface area contributed by atoms with Gasteiger partial charge in [0.1, 0.15) is 11.1 Å². The van der Waals surface area contributed by atoms with Crippen LogP contribution in [0.5, 0.6) is 0 Å². The summed E-state index contributed by atoms with van der Waals surface area (Å²) in [6, 6.07) is 15.4. The van der Waals surface area contributed by atoms with Crippen molar-refractivity contribution in [2.24, 2.45) is 0 Å². The molecule has 2 heterocycles. The molecule has 202 valence electrons. The number of halogens is 4. The van der Waals surface area contributed by atoms with Gasteiger partial charge in [-0.1, -0.05) is 46.4 Å². The van der Waals surface area contributed by atoms with E-state index in [4.69, 9.17) is 46.4 Å². The Morgan fingerprint density at radius 1 is 0.600 bits per heavy atom. The summed E-state index contributed by atoms with van der Waals surface area (Å²) in [4.78, 5) is 50.7. The molecule has 0 aliphatic heterocycles. The molecule has 0 saturated heterocycles. The molecule has 0 aliphatic rings. The standard InChI is InChI=1S/C28H18Cl4N4O4/c29-19-5-7-21(23(31)11-19)25(37)15-35-9-1-3-17(13-35)27(39)33-34-28(40)18-4-2-10-36(14-18)16-26(38)22-8-6-20(30)12-24(22)32/h1-14H,15-16H2/p+2. The molecule has 0 unspecified atom stereocenters. The number of nitrogens with one attached hydrogen (secondary N) is 2. The van der Waals surface area contributed by atoms with E-state index in [1.807, 2.05) is 0 Å². The van der Waals surface area contributed by atoms with Gasteiger partial charge < -0.3 is 0 Å². The monoisotopic (exact) mass is 616 g/mol. The first kappa shape index (κ1) is 29.2. The molecule has 40 heavy (non-hydrogen) atoms. The van der Waals surface area contributed by atoms with E-state index in [2.05, 4.69) is 10.9 Å². The van der Waals surface area contributed by atoms with Crippen molar-refractivity contribution in [1.82, 2.24) is 10.9 Å². The van der Waals surface area contributed by atoms with E-state index in [0.29, 0.717) is 21.2 Å². The van der Waals surface area contributed by atoms with E-state index in [1.165, 1.54) is 57.9 Å². The first-order valence-corrected chi connectivity index (χ1v) is 13.2. The fraction of sp³-hybridized carbons (Fsp3) is 0.0714. The van der Waals surface area contributed by atoms with Crippen LogP contribution in [0.2, 0.25) is 20.1 Å². The van der Waals surface area contributed by atoms with Crippen LogP contribution in [-0.2, 0) is 13.1 Å². The molecule has 0 atom stereocenters. The summed E-state index contributed by atoms with van der Waals surface area (Å²) < 4.78 is 3.04. The second kappa shape index (κ2) is 13.0. The van der Waals surface area contributed by atoms with Crippen LogP contribution in [0.15, 0.2) is 85.5 Å². The van der Waals surface area contributed by atoms with Crippen LogP contribution in [0.4, 0.5) is 0 Å². The van der Waals surface area contributed by atoms with Crippen LogP contribution >= 0.6 is 46.4 Å². The highest BCUT2D eigenvalue weighted by molar-refractivity contribution is 6.37. The van der Waals surface area contributed by atoms with Gasteiger partial charge in [0.05, 0.1) is 10.0 Å². The predicted octanol–water partition coefficient (Wildman–Crippen LogP) is 4.72. The number of hydrogen-bond donors (Lipinski definition) is 2. The molecule has 0 radical (unpaired) electrons. The topological polar surface area (TPSA) is 100 Å². The third-order valence-corrected chi connectivity index (χ3v) is 6.74. The number of Topliss-reactive ketones (excluding diaryl/α,β-unsaturated/α-hetero) is 2. The average Bonchev–Trinajstić information content (AvgIpc) is 2.91. The minimum atomic E-state index is -0.601. The summed E-state index contributed by atoms with van der Waals surface area (Å²) in [6.07, 6.45) is 6.18. The van der Waals surface area contributed by atoms with Crippen LogP contribution in [0.1, 0.15) is 41.4 Å². The number of carbonyl (C=O) groups is 4. The number of carbonyl (C=O) groups excluding carboxylic acids is 4. The Bertz CT molecular complexity index is 1520. The van der Waals surface area contributed by atoms with Crippen molar-refractivity contribution in [1.29, 1.82) is 0 Å². The highest BCUT2D eigenvalue weighted by Crippen LogP contribution is 2.22. The number of hydrogen-bond acceptors (Lipinski definition) is 4. The second-order valence-electron chi connectivity index (χ2n) is 8.53. The lowest BCUT2D eigenvalue weighted by atomic mass is 10.1. The zero-order chi connectivity index (χ0) is 28.8. The van der Waals surface area contributed by atoms with Crippen molar-refractivity contribution in [3.05, 3.63) is 128 Å². The molecule has 2 amide bonds. The van der Waals surface area contributed by atoms with Crippen LogP contribution < -0.4 is 20.0 Å². The van der Waals surface area contributed by atoms with Gasteiger partial charge in [-0.25, -0.2) is 0 Å². The Hall–Kier alpha value is -3.82. The summed E-state index contributed by atoms with van der Waals surface area (Å²) in [5, 5.41) is 1.29. The fourth-order valence-electron chi connectivity index (χ4n) is 3.70. The van der Waals surface area contributed by atoms with Gasteiger partial charge in [-0.3, -0.25) is 30.0 Å². The number of nitrogens with zero attached hydrogens (tertiary/aromatic N) is 2. The zero-order valence-corrected chi connectivity index (χ0v) is 23.6. The number of rotatable bonds is 8. The lowest BCUT2D eigenvalue weighted by Crippen LogP contribution is -2.45. The van der Waals surface area contributed by atoms with Gasteiger partial charge in [0.15, 0.2) is 24.8 Å². The summed E-state index contributed by atoms with van der Waals surface area (Å²) >= 11 is 24.0. The fourth-order valence-corrected chi connectivity index (χ4v) is 4.73. The molecule has 0 spiro atoms. The summed E-state index contributed by atoms with van der Waals surface area (Å²) in [5.74, 6) is -1.74. The number of amides is 2. The molecule has 0 bridgehead atoms. The third kappa shape index (κ3) is 7.43. The molecule has 2 N–H and O–H groups in total. The van der Waals surface area contributed by atoms with Gasteiger partial charge in [-0.15, -0.1) is 0 Å². The lowest BCUT2D eigenvalue weighted by Gasteiger charge is -2.07. The van der Waals surface area contributed by atoms with E-state index in [0.717, 1.165) is 0 Å². The number of aromatic nitrogens is 2. The maximum atomic E-state index is 12.7. The molecule has 4 aromatic rings. The highest BCUT2D eigenvalue weighted by atomic mass is 35.5. The van der Waals surface area contributed by atoms with Gasteiger partial charge in [0.2, 0.25) is 24.7 Å². The number of ketones is 2. The van der Waals surface area contributed by atoms with E-state index in [1.54, 1.807) is 36.7 Å². The Morgan fingerprint density at radius 3 is 1.38 bits per heavy atom. The maximum Gasteiger partial charge on any atom is 0.275 e. The van der Waals surface area contributed by atoms with Crippen LogP contribution in [-0.4, -0.2) is 23.4 Å². The molecule has 0 aliphatic carbocycles. The molecule has 8 nitrogen and oxygen atoms in total. The quantitative estimate of drug-likeness (QED) is 0.170. The Morgan fingerprint density at radius 2 is 1.00 bits per heavy atom. The Balaban J connectivity index is 1.36. The largest absolute Gasteiger partial charge is 0.287 e. The van der Waals surface area contributed by atoms with Gasteiger partial charge in [0, 0.05) is 33.3 Å². The van der Waals surface area contributed by atoms with Crippen molar-refractivity contribution in [3.8, 4) is 0 Å². The summed E-state index contributed by atoms with van der Waals surface area (Å²) in [7, 11) is 0. The van der Waals surface area contributed by atoms with Gasteiger partial charge in [0.25, 0.3) is 11.8 Å². The van der Waals surface area contributed by atoms with Crippen LogP contribution in [0.3, 0.4) is 0 Å². The first-order valence-electron chi connectivity index (χ1n) is 11.7. The van der Waals surface area contributed by atoms with Crippen molar-refractivity contribution in [3.63, 3.8) is 0 Å². The van der Waals surface area contributed by atoms with Gasteiger partial charge in [-0.05, 0) is 48.5 Å². The summed E-state index contributed by atoms with van der Waals surface area (Å²) in [5.41, 5.74) is 5.70. The normalized spacial score (nSPS) is 10.6. The highest BCUT2D eigenvalue weighted by Gasteiger charge is 2.20. The van der Waals surface area contributed by atoms with Crippen LogP contribution in [0, 0.1) is 0 Å². The van der Waals surface area contributed by atoms with Crippen LogP contribution in [0.25, 0.3) is 0 Å². The van der Waals surface area contributed by atoms with Crippen molar-refractivity contribution in [2.45, 2.75) is 13.1 Å². The molecular weight excluding hydrogens is 598 g/mol. The van der Waals surface area contributed by atoms with E-state index >= 15 is 0 Å². The molecule has 2 aromatic carbocycles. The minimum Gasteiger partial charge on any atom is -0.287 e. The minimum absolute atomic E-state index is 0.0706. The Labute approximate surface area is 249 Å². The van der Waals surface area contributed by atoms with Gasteiger partial charge in [-0.2, -0.15) is 9.13 Å². The zero-order valence-electron chi connectivity index (χ0n) is 20.5. The smallest absolute Gasteiger partial charge is 0.275 e. The summed E-state index contributed by atoms with van der Waals surface area (Å²) in [6.45, 7) is -0.141. The molecule has 0 saturated carbocycles. The molecule has 2 aromatic heterocycles.